The van der Waals surface area contributed by atoms with Gasteiger partial charge in [-0.3, -0.25) is 4.79 Å². The Morgan fingerprint density at radius 3 is 2.15 bits per heavy atom. The molecule has 2 amide bonds. The monoisotopic (exact) mass is 466 g/mol. The standard InChI is InChI=1S/C27H34N2O5/c1-4-23(25(31)32)29-24(30)13-14-27(2,3)15-16-28-26(33)34-17-22-20-11-7-5-9-18(20)19-10-6-8-12-21(19)22/h5-12,22-23H,4,13-17H2,1-3H3,(H,28,33)(H,29,30)(H,31,32)/t23-/m1/s1. The molecule has 1 aliphatic carbocycles. The van der Waals surface area contributed by atoms with Gasteiger partial charge in [-0.05, 0) is 46.9 Å². The lowest BCUT2D eigenvalue weighted by atomic mass is 9.84. The van der Waals surface area contributed by atoms with E-state index in [0.29, 0.717) is 25.8 Å². The van der Waals surface area contributed by atoms with Crippen molar-refractivity contribution in [3.05, 3.63) is 59.7 Å². The second-order valence-corrected chi connectivity index (χ2v) is 9.53. The predicted octanol–water partition coefficient (Wildman–Crippen LogP) is 4.70. The van der Waals surface area contributed by atoms with Crippen molar-refractivity contribution in [2.24, 2.45) is 5.41 Å². The maximum Gasteiger partial charge on any atom is 0.407 e. The van der Waals surface area contributed by atoms with Gasteiger partial charge in [0.25, 0.3) is 0 Å². The van der Waals surface area contributed by atoms with Crippen molar-refractivity contribution >= 4 is 18.0 Å². The van der Waals surface area contributed by atoms with E-state index in [9.17, 15) is 14.4 Å². The summed E-state index contributed by atoms with van der Waals surface area (Å²) < 4.78 is 5.56. The molecule has 7 nitrogen and oxygen atoms in total. The summed E-state index contributed by atoms with van der Waals surface area (Å²) in [5.74, 6) is -1.28. The average Bonchev–Trinajstić information content (AvgIpc) is 3.13. The van der Waals surface area contributed by atoms with E-state index < -0.39 is 18.1 Å². The van der Waals surface area contributed by atoms with E-state index in [1.54, 1.807) is 6.92 Å². The lowest BCUT2D eigenvalue weighted by molar-refractivity contribution is -0.142. The van der Waals surface area contributed by atoms with Crippen molar-refractivity contribution in [3.8, 4) is 11.1 Å². The highest BCUT2D eigenvalue weighted by molar-refractivity contribution is 5.83. The van der Waals surface area contributed by atoms with Gasteiger partial charge in [0.1, 0.15) is 12.6 Å². The van der Waals surface area contributed by atoms with Crippen LogP contribution < -0.4 is 10.6 Å². The van der Waals surface area contributed by atoms with Gasteiger partial charge in [0.15, 0.2) is 0 Å². The molecule has 0 spiro atoms. The fraction of sp³-hybridized carbons (Fsp3) is 0.444. The van der Waals surface area contributed by atoms with Crippen LogP contribution in [0.5, 0.6) is 0 Å². The second kappa shape index (κ2) is 11.2. The molecule has 3 N–H and O–H groups in total. The molecule has 34 heavy (non-hydrogen) atoms. The summed E-state index contributed by atoms with van der Waals surface area (Å²) >= 11 is 0. The maximum atomic E-state index is 12.3. The topological polar surface area (TPSA) is 105 Å². The van der Waals surface area contributed by atoms with E-state index in [-0.39, 0.29) is 30.3 Å². The summed E-state index contributed by atoms with van der Waals surface area (Å²) in [5.41, 5.74) is 4.52. The van der Waals surface area contributed by atoms with Crippen LogP contribution in [0.15, 0.2) is 48.5 Å². The fourth-order valence-corrected chi connectivity index (χ4v) is 4.33. The van der Waals surface area contributed by atoms with E-state index in [4.69, 9.17) is 9.84 Å². The molecule has 7 heteroatoms. The van der Waals surface area contributed by atoms with Crippen LogP contribution in [0.1, 0.15) is 63.5 Å². The molecule has 1 aliphatic rings. The summed E-state index contributed by atoms with van der Waals surface area (Å²) in [6.45, 7) is 6.46. The first-order valence-electron chi connectivity index (χ1n) is 11.8. The van der Waals surface area contributed by atoms with Gasteiger partial charge >= 0.3 is 12.1 Å². The largest absolute Gasteiger partial charge is 0.480 e. The van der Waals surface area contributed by atoms with Crippen LogP contribution in [0.25, 0.3) is 11.1 Å². The molecule has 2 aromatic rings. The van der Waals surface area contributed by atoms with Crippen molar-refractivity contribution in [2.75, 3.05) is 13.2 Å². The highest BCUT2D eigenvalue weighted by Crippen LogP contribution is 2.44. The molecular weight excluding hydrogens is 432 g/mol. The molecule has 0 radical (unpaired) electrons. The van der Waals surface area contributed by atoms with Crippen molar-refractivity contribution in [1.82, 2.24) is 10.6 Å². The molecule has 0 aromatic heterocycles. The summed E-state index contributed by atoms with van der Waals surface area (Å²) in [5, 5.41) is 14.4. The maximum absolute atomic E-state index is 12.3. The van der Waals surface area contributed by atoms with Gasteiger partial charge in [-0.2, -0.15) is 0 Å². The van der Waals surface area contributed by atoms with Gasteiger partial charge < -0.3 is 20.5 Å². The van der Waals surface area contributed by atoms with Crippen molar-refractivity contribution < 1.29 is 24.2 Å². The Bertz CT molecular complexity index is 988. The molecule has 0 bridgehead atoms. The first-order valence-corrected chi connectivity index (χ1v) is 11.8. The number of benzene rings is 2. The molecule has 0 fully saturated rings. The molecule has 0 heterocycles. The Balaban J connectivity index is 1.42. The average molecular weight is 467 g/mol. The number of hydrogen-bond donors (Lipinski definition) is 3. The van der Waals surface area contributed by atoms with Gasteiger partial charge in [-0.1, -0.05) is 69.3 Å². The molecule has 3 rings (SSSR count). The summed E-state index contributed by atoms with van der Waals surface area (Å²) in [4.78, 5) is 35.5. The number of rotatable bonds is 11. The quantitative estimate of drug-likeness (QED) is 0.445. The summed E-state index contributed by atoms with van der Waals surface area (Å²) in [6, 6.07) is 15.6. The van der Waals surface area contributed by atoms with Crippen molar-refractivity contribution in [2.45, 2.75) is 58.4 Å². The Hall–Kier alpha value is -3.35. The van der Waals surface area contributed by atoms with E-state index in [1.807, 2.05) is 38.1 Å². The third-order valence-corrected chi connectivity index (χ3v) is 6.49. The van der Waals surface area contributed by atoms with Crippen LogP contribution >= 0.6 is 0 Å². The van der Waals surface area contributed by atoms with Gasteiger partial charge in [0.2, 0.25) is 5.91 Å². The van der Waals surface area contributed by atoms with E-state index in [1.165, 1.54) is 22.3 Å². The van der Waals surface area contributed by atoms with Gasteiger partial charge in [0.05, 0.1) is 0 Å². The van der Waals surface area contributed by atoms with Crippen LogP contribution in [0.4, 0.5) is 4.79 Å². The predicted molar refractivity (Wildman–Crippen MR) is 131 cm³/mol. The number of carboxylic acid groups (broad SMARTS) is 1. The third kappa shape index (κ3) is 6.37. The zero-order chi connectivity index (χ0) is 24.7. The fourth-order valence-electron chi connectivity index (χ4n) is 4.33. The molecule has 182 valence electrons. The van der Waals surface area contributed by atoms with E-state index in [2.05, 4.69) is 34.9 Å². The number of ether oxygens (including phenoxy) is 1. The van der Waals surface area contributed by atoms with Gasteiger partial charge in [-0.25, -0.2) is 9.59 Å². The number of carboxylic acids is 1. The minimum atomic E-state index is -1.03. The van der Waals surface area contributed by atoms with E-state index >= 15 is 0 Å². The Morgan fingerprint density at radius 2 is 1.59 bits per heavy atom. The Kier molecular flexibility index (Phi) is 8.31. The molecule has 1 atom stereocenters. The smallest absolute Gasteiger partial charge is 0.407 e. The molecule has 2 aromatic carbocycles. The number of alkyl carbamates (subject to hydrolysis) is 1. The second-order valence-electron chi connectivity index (χ2n) is 9.53. The number of carbonyl (C=O) groups is 3. The third-order valence-electron chi connectivity index (χ3n) is 6.49. The molecule has 0 saturated carbocycles. The first kappa shape index (κ1) is 25.3. The molecular formula is C27H34N2O5. The Morgan fingerprint density at radius 1 is 1.00 bits per heavy atom. The van der Waals surface area contributed by atoms with Crippen molar-refractivity contribution in [3.63, 3.8) is 0 Å². The first-order chi connectivity index (χ1) is 16.2. The molecule has 0 unspecified atom stereocenters. The number of fused-ring (bicyclic) bond motifs is 3. The highest BCUT2D eigenvalue weighted by Gasteiger charge is 2.29. The number of amides is 2. The van der Waals surface area contributed by atoms with Crippen molar-refractivity contribution in [1.29, 1.82) is 0 Å². The zero-order valence-corrected chi connectivity index (χ0v) is 20.1. The molecule has 0 aliphatic heterocycles. The lowest BCUT2D eigenvalue weighted by Crippen LogP contribution is -2.40. The van der Waals surface area contributed by atoms with Gasteiger partial charge in [-0.15, -0.1) is 0 Å². The van der Waals surface area contributed by atoms with Crippen LogP contribution in [-0.4, -0.2) is 42.3 Å². The molecule has 0 saturated heterocycles. The SMILES string of the molecule is CC[C@@H](NC(=O)CCC(C)(C)CCNC(=O)OCC1c2ccccc2-c2ccccc21)C(=O)O. The van der Waals surface area contributed by atoms with Crippen LogP contribution in [0, 0.1) is 5.41 Å². The Labute approximate surface area is 200 Å². The lowest BCUT2D eigenvalue weighted by Gasteiger charge is -2.25. The minimum Gasteiger partial charge on any atom is -0.480 e. The van der Waals surface area contributed by atoms with E-state index in [0.717, 1.165) is 0 Å². The van der Waals surface area contributed by atoms with Gasteiger partial charge in [0, 0.05) is 18.9 Å². The van der Waals surface area contributed by atoms with Crippen LogP contribution in [0.3, 0.4) is 0 Å². The van der Waals surface area contributed by atoms with Crippen LogP contribution in [0.2, 0.25) is 0 Å². The summed E-state index contributed by atoms with van der Waals surface area (Å²) in [6.07, 6.45) is 1.38. The minimum absolute atomic E-state index is 0.0193. The number of carbonyl (C=O) groups excluding carboxylic acids is 2. The highest BCUT2D eigenvalue weighted by atomic mass is 16.5. The van der Waals surface area contributed by atoms with Crippen LogP contribution in [-0.2, 0) is 14.3 Å². The summed E-state index contributed by atoms with van der Waals surface area (Å²) in [7, 11) is 0. The normalized spacial score (nSPS) is 13.5. The number of aliphatic carboxylic acids is 1. The number of hydrogen-bond acceptors (Lipinski definition) is 4. The zero-order valence-electron chi connectivity index (χ0n) is 20.1. The number of nitrogens with one attached hydrogen (secondary N) is 2.